The van der Waals surface area contributed by atoms with Crippen LogP contribution in [0.5, 0.6) is 5.75 Å². The Morgan fingerprint density at radius 1 is 0.941 bits per heavy atom. The van der Waals surface area contributed by atoms with E-state index < -0.39 is 0 Å². The van der Waals surface area contributed by atoms with Crippen LogP contribution in [-0.4, -0.2) is 17.4 Å². The molecule has 0 amide bonds. The summed E-state index contributed by atoms with van der Waals surface area (Å²) in [6, 6.07) is 8.55. The zero-order valence-corrected chi connectivity index (χ0v) is 13.1. The van der Waals surface area contributed by atoms with Crippen molar-refractivity contribution in [3.8, 4) is 5.75 Å². The molecule has 1 rings (SSSR count). The fourth-order valence-corrected chi connectivity index (χ4v) is 6.58. The molecule has 0 aliphatic carbocycles. The van der Waals surface area contributed by atoms with Crippen molar-refractivity contribution in [3.63, 3.8) is 0 Å². The molecular weight excluding hydrogens is 227 g/mol. The molecule has 1 nitrogen and oxygen atoms in total. The molecule has 0 heterocycles. The maximum atomic E-state index is 5.34. The molecule has 0 bridgehead atoms. The summed E-state index contributed by atoms with van der Waals surface area (Å²) in [5.74, 6) is 0.962. The van der Waals surface area contributed by atoms with E-state index in [0.717, 1.165) is 5.75 Å². The van der Waals surface area contributed by atoms with Crippen LogP contribution in [0.4, 0.5) is 0 Å². The van der Waals surface area contributed by atoms with Gasteiger partial charge in [-0.05, 0) is 27.7 Å². The van der Waals surface area contributed by atoms with E-state index in [0.29, 0.717) is 10.3 Å². The molecule has 1 aromatic rings. The molecule has 0 aliphatic rings. The first-order valence-electron chi connectivity index (χ1n) is 6.10. The van der Waals surface area contributed by atoms with Gasteiger partial charge in [-0.2, -0.15) is 0 Å². The van der Waals surface area contributed by atoms with E-state index in [9.17, 15) is 0 Å². The third-order valence-electron chi connectivity index (χ3n) is 2.65. The smallest absolute Gasteiger partial charge is 0.119 e. The summed E-state index contributed by atoms with van der Waals surface area (Å²) in [5.41, 5.74) is 0. The fraction of sp³-hybridized carbons (Fsp3) is 0.600. The van der Waals surface area contributed by atoms with E-state index in [4.69, 9.17) is 4.74 Å². The van der Waals surface area contributed by atoms with Crippen LogP contribution in [0.15, 0.2) is 24.3 Å². The molecule has 0 unspecified atom stereocenters. The highest BCUT2D eigenvalue weighted by Crippen LogP contribution is 2.58. The summed E-state index contributed by atoms with van der Waals surface area (Å²) >= 11 is 0. The number of hydrogen-bond donors (Lipinski definition) is 0. The first-order valence-corrected chi connectivity index (χ1v) is 7.45. The minimum atomic E-state index is -0.240. The van der Waals surface area contributed by atoms with E-state index >= 15 is 0 Å². The third-order valence-corrected chi connectivity index (χ3v) is 6.13. The Morgan fingerprint density at radius 3 is 1.88 bits per heavy atom. The van der Waals surface area contributed by atoms with E-state index in [-0.39, 0.29) is 7.92 Å². The molecule has 2 heteroatoms. The van der Waals surface area contributed by atoms with Crippen molar-refractivity contribution in [1.82, 2.24) is 0 Å². The molecule has 1 aromatic carbocycles. The summed E-state index contributed by atoms with van der Waals surface area (Å²) in [6.45, 7) is 14.0. The maximum absolute atomic E-state index is 5.34. The predicted molar refractivity (Wildman–Crippen MR) is 79.1 cm³/mol. The van der Waals surface area contributed by atoms with Crippen LogP contribution in [0.3, 0.4) is 0 Å². The highest BCUT2D eigenvalue weighted by molar-refractivity contribution is 7.68. The van der Waals surface area contributed by atoms with Crippen molar-refractivity contribution < 1.29 is 4.74 Å². The Kier molecular flexibility index (Phi) is 4.25. The van der Waals surface area contributed by atoms with Gasteiger partial charge in [0.05, 0.1) is 7.11 Å². The second-order valence-electron chi connectivity index (χ2n) is 6.38. The Bertz CT molecular complexity index is 357. The van der Waals surface area contributed by atoms with Gasteiger partial charge in [0, 0.05) is 0 Å². The molecule has 0 fully saturated rings. The molecule has 17 heavy (non-hydrogen) atoms. The van der Waals surface area contributed by atoms with Gasteiger partial charge in [0.1, 0.15) is 5.75 Å². The molecule has 0 aliphatic heterocycles. The third kappa shape index (κ3) is 3.71. The minimum absolute atomic E-state index is 0.240. The quantitative estimate of drug-likeness (QED) is 0.709. The zero-order chi connectivity index (χ0) is 13.3. The van der Waals surface area contributed by atoms with E-state index in [2.05, 4.69) is 59.7 Å². The van der Waals surface area contributed by atoms with Crippen LogP contribution >= 0.6 is 7.92 Å². The van der Waals surface area contributed by atoms with Gasteiger partial charge in [0.15, 0.2) is 0 Å². The lowest BCUT2D eigenvalue weighted by atomic mass is 10.2. The Hall–Kier alpha value is -0.550. The van der Waals surface area contributed by atoms with Crippen molar-refractivity contribution in [1.29, 1.82) is 0 Å². The molecule has 0 N–H and O–H groups in total. The topological polar surface area (TPSA) is 9.23 Å². The van der Waals surface area contributed by atoms with Gasteiger partial charge in [-0.15, -0.1) is 0 Å². The van der Waals surface area contributed by atoms with Gasteiger partial charge < -0.3 is 4.74 Å². The molecular formula is C15H25OP. The highest BCUT2D eigenvalue weighted by Gasteiger charge is 2.35. The Balaban J connectivity index is 3.23. The highest BCUT2D eigenvalue weighted by atomic mass is 31.1. The van der Waals surface area contributed by atoms with Gasteiger partial charge in [-0.25, -0.2) is 0 Å². The molecule has 0 saturated carbocycles. The molecule has 0 saturated heterocycles. The lowest BCUT2D eigenvalue weighted by Crippen LogP contribution is -2.31. The number of benzene rings is 1. The van der Waals surface area contributed by atoms with Gasteiger partial charge in [-0.1, -0.05) is 61.6 Å². The Morgan fingerprint density at radius 2 is 1.47 bits per heavy atom. The predicted octanol–water partition coefficient (Wildman–Crippen LogP) is 4.40. The molecule has 0 aromatic heterocycles. The van der Waals surface area contributed by atoms with Crippen LogP contribution in [0.2, 0.25) is 0 Å². The average Bonchev–Trinajstić information content (AvgIpc) is 2.13. The largest absolute Gasteiger partial charge is 0.497 e. The second-order valence-corrected chi connectivity index (χ2v) is 10.2. The van der Waals surface area contributed by atoms with E-state index in [1.54, 1.807) is 7.11 Å². The molecule has 0 atom stereocenters. The van der Waals surface area contributed by atoms with Gasteiger partial charge in [-0.3, -0.25) is 0 Å². The molecule has 0 radical (unpaired) electrons. The van der Waals surface area contributed by atoms with Crippen LogP contribution in [-0.2, 0) is 0 Å². The van der Waals surface area contributed by atoms with Crippen molar-refractivity contribution in [2.45, 2.75) is 51.9 Å². The Labute approximate surface area is 107 Å². The maximum Gasteiger partial charge on any atom is 0.119 e. The van der Waals surface area contributed by atoms with Gasteiger partial charge >= 0.3 is 0 Å². The lowest BCUT2D eigenvalue weighted by molar-refractivity contribution is 0.415. The number of hydrogen-bond acceptors (Lipinski definition) is 1. The number of rotatable bonds is 2. The average molecular weight is 252 g/mol. The normalized spacial score (nSPS) is 12.9. The SMILES string of the molecule is COc1cccc(P(C(C)(C)C)C(C)(C)C)c1. The number of methoxy groups -OCH3 is 1. The summed E-state index contributed by atoms with van der Waals surface area (Å²) in [4.78, 5) is 0. The van der Waals surface area contributed by atoms with Crippen LogP contribution in [0.25, 0.3) is 0 Å². The molecule has 96 valence electrons. The van der Waals surface area contributed by atoms with E-state index in [1.165, 1.54) is 5.30 Å². The first-order chi connectivity index (χ1) is 7.66. The summed E-state index contributed by atoms with van der Waals surface area (Å²) in [7, 11) is 1.49. The van der Waals surface area contributed by atoms with Crippen molar-refractivity contribution in [2.75, 3.05) is 7.11 Å². The monoisotopic (exact) mass is 252 g/mol. The van der Waals surface area contributed by atoms with Crippen LogP contribution in [0.1, 0.15) is 41.5 Å². The standard InChI is InChI=1S/C15H25OP/c1-14(2,3)17(15(4,5)6)13-10-8-9-12(11-13)16-7/h8-11H,1-7H3. The zero-order valence-electron chi connectivity index (χ0n) is 12.2. The van der Waals surface area contributed by atoms with Crippen molar-refractivity contribution >= 4 is 13.2 Å². The van der Waals surface area contributed by atoms with Crippen LogP contribution in [0, 0.1) is 0 Å². The van der Waals surface area contributed by atoms with Gasteiger partial charge in [0.2, 0.25) is 0 Å². The second kappa shape index (κ2) is 4.98. The summed E-state index contributed by atoms with van der Waals surface area (Å²) in [5, 5.41) is 2.04. The van der Waals surface area contributed by atoms with Gasteiger partial charge in [0.25, 0.3) is 0 Å². The summed E-state index contributed by atoms with van der Waals surface area (Å²) in [6.07, 6.45) is 0. The lowest BCUT2D eigenvalue weighted by Gasteiger charge is -2.41. The van der Waals surface area contributed by atoms with Crippen molar-refractivity contribution in [3.05, 3.63) is 24.3 Å². The fourth-order valence-electron chi connectivity index (χ4n) is 2.53. The number of ether oxygens (including phenoxy) is 1. The summed E-state index contributed by atoms with van der Waals surface area (Å²) < 4.78 is 5.34. The minimum Gasteiger partial charge on any atom is -0.497 e. The van der Waals surface area contributed by atoms with Crippen molar-refractivity contribution in [2.24, 2.45) is 0 Å². The van der Waals surface area contributed by atoms with Crippen LogP contribution < -0.4 is 10.0 Å². The molecule has 0 spiro atoms. The first kappa shape index (κ1) is 14.5. The van der Waals surface area contributed by atoms with E-state index in [1.807, 2.05) is 6.07 Å².